The van der Waals surface area contributed by atoms with Crippen molar-refractivity contribution in [2.24, 2.45) is 0 Å². The van der Waals surface area contributed by atoms with Crippen molar-refractivity contribution >= 4 is 11.0 Å². The van der Waals surface area contributed by atoms with Gasteiger partial charge in [0.15, 0.2) is 0 Å². The lowest BCUT2D eigenvalue weighted by atomic mass is 9.99. The number of rotatable bonds is 5. The topological polar surface area (TPSA) is 139 Å². The Kier molecular flexibility index (Phi) is 5.90. The fourth-order valence-electron chi connectivity index (χ4n) is 3.16. The largest absolute Gasteiger partial charge is 0.462 e. The van der Waals surface area contributed by atoms with Crippen molar-refractivity contribution in [3.63, 3.8) is 0 Å². The Morgan fingerprint density at radius 2 is 1.68 bits per heavy atom. The zero-order valence-corrected chi connectivity index (χ0v) is 15.9. The third-order valence-corrected chi connectivity index (χ3v) is 4.86. The highest BCUT2D eigenvalue weighted by Crippen LogP contribution is 2.27. The second-order valence-corrected chi connectivity index (χ2v) is 6.96. The van der Waals surface area contributed by atoms with Crippen LogP contribution in [0.2, 0.25) is 0 Å². The molecule has 0 spiro atoms. The Morgan fingerprint density at radius 3 is 2.39 bits per heavy atom. The summed E-state index contributed by atoms with van der Waals surface area (Å²) in [5.74, 6) is -0.130. The average molecular weight is 434 g/mol. The quantitative estimate of drug-likeness (QED) is 0.461. The minimum Gasteiger partial charge on any atom is -0.462 e. The Morgan fingerprint density at radius 1 is 0.968 bits per heavy atom. The number of hydrogen-bond donors (Lipinski definition) is 4. The summed E-state index contributed by atoms with van der Waals surface area (Å²) < 4.78 is 34.7. The third kappa shape index (κ3) is 4.24. The van der Waals surface area contributed by atoms with Gasteiger partial charge < -0.3 is 39.1 Å². The lowest BCUT2D eigenvalue weighted by Crippen LogP contribution is -2.60. The number of aliphatic hydroxyl groups excluding tert-OH is 4. The number of ether oxygens (including phenoxy) is 3. The van der Waals surface area contributed by atoms with Gasteiger partial charge in [0.05, 0.1) is 12.0 Å². The van der Waals surface area contributed by atoms with Crippen LogP contribution in [0.25, 0.3) is 11.0 Å². The van der Waals surface area contributed by atoms with Gasteiger partial charge in [0.25, 0.3) is 0 Å². The van der Waals surface area contributed by atoms with Crippen molar-refractivity contribution in [2.45, 2.75) is 30.7 Å². The minimum atomic E-state index is -1.58. The van der Waals surface area contributed by atoms with E-state index in [4.69, 9.17) is 18.6 Å². The van der Waals surface area contributed by atoms with Gasteiger partial charge in [0.2, 0.25) is 17.5 Å². The van der Waals surface area contributed by atoms with Crippen LogP contribution in [0, 0.1) is 5.82 Å². The molecule has 1 aliphatic heterocycles. The number of hydrogen-bond acceptors (Lipinski definition) is 9. The molecule has 1 aliphatic rings. The van der Waals surface area contributed by atoms with E-state index in [0.29, 0.717) is 0 Å². The summed E-state index contributed by atoms with van der Waals surface area (Å²) in [6.07, 6.45) is -6.05. The van der Waals surface area contributed by atoms with Crippen LogP contribution in [0.5, 0.6) is 17.2 Å². The van der Waals surface area contributed by atoms with E-state index in [2.05, 4.69) is 0 Å². The van der Waals surface area contributed by atoms with E-state index in [0.717, 1.165) is 6.26 Å². The molecule has 0 amide bonds. The van der Waals surface area contributed by atoms with Crippen LogP contribution >= 0.6 is 0 Å². The molecule has 2 heterocycles. The molecule has 0 saturated carbocycles. The summed E-state index contributed by atoms with van der Waals surface area (Å²) in [6, 6.07) is 9.34. The van der Waals surface area contributed by atoms with Gasteiger partial charge in [-0.1, -0.05) is 0 Å². The van der Waals surface area contributed by atoms with Crippen molar-refractivity contribution in [2.75, 3.05) is 6.61 Å². The Balaban J connectivity index is 1.56. The Hall–Kier alpha value is -3.02. The van der Waals surface area contributed by atoms with E-state index in [9.17, 15) is 29.6 Å². The molecule has 1 saturated heterocycles. The first-order chi connectivity index (χ1) is 14.9. The second-order valence-electron chi connectivity index (χ2n) is 6.96. The highest BCUT2D eigenvalue weighted by molar-refractivity contribution is 5.79. The van der Waals surface area contributed by atoms with Crippen molar-refractivity contribution in [3.05, 3.63) is 64.8 Å². The van der Waals surface area contributed by atoms with Crippen molar-refractivity contribution in [3.8, 4) is 17.2 Å². The molecule has 0 bridgehead atoms. The Labute approximate surface area is 174 Å². The molecular formula is C21H19FO9. The molecule has 1 fully saturated rings. The third-order valence-electron chi connectivity index (χ3n) is 4.86. The predicted molar refractivity (Wildman–Crippen MR) is 103 cm³/mol. The molecule has 3 aromatic rings. The van der Waals surface area contributed by atoms with E-state index in [1.165, 1.54) is 42.5 Å². The maximum Gasteiger partial charge on any atom is 0.235 e. The van der Waals surface area contributed by atoms with Gasteiger partial charge in [-0.25, -0.2) is 4.39 Å². The van der Waals surface area contributed by atoms with E-state index in [-0.39, 0.29) is 28.2 Å². The molecule has 3 unspecified atom stereocenters. The molecule has 0 aliphatic carbocycles. The minimum absolute atomic E-state index is 0.0956. The fourth-order valence-corrected chi connectivity index (χ4v) is 3.16. The molecule has 5 atom stereocenters. The number of aliphatic hydroxyl groups is 4. The monoisotopic (exact) mass is 434 g/mol. The van der Waals surface area contributed by atoms with Crippen molar-refractivity contribution in [1.29, 1.82) is 0 Å². The molecule has 9 nitrogen and oxygen atoms in total. The highest BCUT2D eigenvalue weighted by atomic mass is 19.1. The summed E-state index contributed by atoms with van der Waals surface area (Å²) in [4.78, 5) is 12.7. The maximum absolute atomic E-state index is 13.0. The van der Waals surface area contributed by atoms with Crippen LogP contribution in [0.4, 0.5) is 4.39 Å². The van der Waals surface area contributed by atoms with E-state index < -0.39 is 48.6 Å². The smallest absolute Gasteiger partial charge is 0.235 e. The van der Waals surface area contributed by atoms with E-state index in [1.807, 2.05) is 0 Å². The zero-order valence-electron chi connectivity index (χ0n) is 15.9. The SMILES string of the molecule is O=c1c(Oc2ccc(F)cc2)coc2cc(O[C@@H]3OC(CO)[C@@H](O)C(O)C3O)ccc12. The van der Waals surface area contributed by atoms with Gasteiger partial charge >= 0.3 is 0 Å². The average Bonchev–Trinajstić information content (AvgIpc) is 2.77. The molecule has 2 aromatic carbocycles. The van der Waals surface area contributed by atoms with Gasteiger partial charge in [0, 0.05) is 6.07 Å². The van der Waals surface area contributed by atoms with Crippen LogP contribution in [-0.4, -0.2) is 57.7 Å². The predicted octanol–water partition coefficient (Wildman–Crippen LogP) is 0.903. The van der Waals surface area contributed by atoms with Gasteiger partial charge in [-0.3, -0.25) is 4.79 Å². The van der Waals surface area contributed by atoms with Gasteiger partial charge in [-0.05, 0) is 36.4 Å². The van der Waals surface area contributed by atoms with E-state index in [1.54, 1.807) is 0 Å². The first-order valence-corrected chi connectivity index (χ1v) is 9.33. The fraction of sp³-hybridized carbons (Fsp3) is 0.286. The molecule has 4 rings (SSSR count). The zero-order chi connectivity index (χ0) is 22.1. The molecule has 164 valence electrons. The first-order valence-electron chi connectivity index (χ1n) is 9.33. The molecule has 31 heavy (non-hydrogen) atoms. The highest BCUT2D eigenvalue weighted by Gasteiger charge is 2.44. The molecular weight excluding hydrogens is 415 g/mol. The lowest BCUT2D eigenvalue weighted by molar-refractivity contribution is -0.277. The second kappa shape index (κ2) is 8.61. The number of benzene rings is 2. The molecule has 4 N–H and O–H groups in total. The molecule has 10 heteroatoms. The van der Waals surface area contributed by atoms with Crippen LogP contribution < -0.4 is 14.9 Å². The summed E-state index contributed by atoms with van der Waals surface area (Å²) in [7, 11) is 0. The normalized spacial score (nSPS) is 26.0. The number of halogens is 1. The van der Waals surface area contributed by atoms with Crippen LogP contribution in [0.15, 0.2) is 57.9 Å². The summed E-state index contributed by atoms with van der Waals surface area (Å²) in [5, 5.41) is 39.2. The summed E-state index contributed by atoms with van der Waals surface area (Å²) in [6.45, 7) is -0.589. The standard InChI is InChI=1S/C21H19FO9/c22-10-1-3-11(4-2-10)29-16-9-28-14-7-12(5-6-13(14)17(16)24)30-21-20(27)19(26)18(25)15(8-23)31-21/h1-7,9,15,18-21,23,25-27H,8H2/t15?,18-,19?,20?,21-/m1/s1. The lowest BCUT2D eigenvalue weighted by Gasteiger charge is -2.39. The summed E-state index contributed by atoms with van der Waals surface area (Å²) in [5.41, 5.74) is -0.316. The van der Waals surface area contributed by atoms with Crippen LogP contribution in [0.3, 0.4) is 0 Å². The van der Waals surface area contributed by atoms with Gasteiger partial charge in [-0.15, -0.1) is 0 Å². The van der Waals surface area contributed by atoms with E-state index >= 15 is 0 Å². The van der Waals surface area contributed by atoms with Gasteiger partial charge in [0.1, 0.15) is 53.6 Å². The van der Waals surface area contributed by atoms with Crippen molar-refractivity contribution in [1.82, 2.24) is 0 Å². The summed E-state index contributed by atoms with van der Waals surface area (Å²) >= 11 is 0. The van der Waals surface area contributed by atoms with Crippen LogP contribution in [0.1, 0.15) is 0 Å². The Bertz CT molecular complexity index is 1110. The molecule has 0 radical (unpaired) electrons. The van der Waals surface area contributed by atoms with Crippen LogP contribution in [-0.2, 0) is 4.74 Å². The van der Waals surface area contributed by atoms with Gasteiger partial charge in [-0.2, -0.15) is 0 Å². The number of fused-ring (bicyclic) bond motifs is 1. The maximum atomic E-state index is 13.0. The van der Waals surface area contributed by atoms with Crippen molar-refractivity contribution < 1.29 is 43.4 Å². The first kappa shape index (κ1) is 21.2. The molecule has 1 aromatic heterocycles.